The minimum Gasteiger partial charge on any atom is -0.491 e. The summed E-state index contributed by atoms with van der Waals surface area (Å²) in [5, 5.41) is 12.1. The number of anilines is 1. The zero-order valence-corrected chi connectivity index (χ0v) is 11.8. The van der Waals surface area contributed by atoms with Gasteiger partial charge in [0.15, 0.2) is 0 Å². The van der Waals surface area contributed by atoms with Crippen molar-refractivity contribution >= 4 is 5.69 Å². The van der Waals surface area contributed by atoms with Crippen molar-refractivity contribution in [1.82, 2.24) is 0 Å². The summed E-state index contributed by atoms with van der Waals surface area (Å²) in [7, 11) is 0. The smallest absolute Gasteiger partial charge is 0.119 e. The van der Waals surface area contributed by atoms with Crippen molar-refractivity contribution in [1.29, 1.82) is 5.26 Å². The van der Waals surface area contributed by atoms with Crippen molar-refractivity contribution in [3.8, 4) is 11.8 Å². The summed E-state index contributed by atoms with van der Waals surface area (Å²) < 4.78 is 5.60. The second kappa shape index (κ2) is 6.63. The first-order valence-electron chi connectivity index (χ1n) is 6.67. The van der Waals surface area contributed by atoms with E-state index in [1.807, 2.05) is 62.4 Å². The average molecular weight is 266 g/mol. The monoisotopic (exact) mass is 266 g/mol. The van der Waals surface area contributed by atoms with Gasteiger partial charge in [0.25, 0.3) is 0 Å². The van der Waals surface area contributed by atoms with Gasteiger partial charge in [-0.1, -0.05) is 12.1 Å². The van der Waals surface area contributed by atoms with E-state index in [9.17, 15) is 0 Å². The molecule has 0 saturated carbocycles. The number of nitriles is 1. The SMILES string of the molecule is CC(C)Oc1ccc(NCc2ccc(C#N)cc2)cc1. The van der Waals surface area contributed by atoms with Crippen molar-refractivity contribution in [2.45, 2.75) is 26.5 Å². The Balaban J connectivity index is 1.91. The highest BCUT2D eigenvalue weighted by Gasteiger charge is 1.98. The van der Waals surface area contributed by atoms with Crippen LogP contribution in [0, 0.1) is 11.3 Å². The molecule has 0 amide bonds. The Hall–Kier alpha value is -2.47. The third-order valence-corrected chi connectivity index (χ3v) is 2.81. The van der Waals surface area contributed by atoms with Crippen LogP contribution in [0.1, 0.15) is 25.0 Å². The molecule has 0 aromatic heterocycles. The second-order valence-corrected chi connectivity index (χ2v) is 4.85. The molecular weight excluding hydrogens is 248 g/mol. The van der Waals surface area contributed by atoms with Gasteiger partial charge in [-0.2, -0.15) is 5.26 Å². The molecule has 20 heavy (non-hydrogen) atoms. The van der Waals surface area contributed by atoms with Gasteiger partial charge in [-0.15, -0.1) is 0 Å². The van der Waals surface area contributed by atoms with Crippen molar-refractivity contribution < 1.29 is 4.74 Å². The van der Waals surface area contributed by atoms with E-state index in [1.165, 1.54) is 0 Å². The molecule has 0 aliphatic carbocycles. The maximum absolute atomic E-state index is 8.75. The zero-order chi connectivity index (χ0) is 14.4. The Morgan fingerprint density at radius 2 is 1.70 bits per heavy atom. The Kier molecular flexibility index (Phi) is 4.62. The molecule has 2 aromatic carbocycles. The fourth-order valence-electron chi connectivity index (χ4n) is 1.82. The van der Waals surface area contributed by atoms with Gasteiger partial charge in [-0.25, -0.2) is 0 Å². The molecule has 0 saturated heterocycles. The quantitative estimate of drug-likeness (QED) is 0.891. The van der Waals surface area contributed by atoms with Gasteiger partial charge in [0.05, 0.1) is 17.7 Å². The van der Waals surface area contributed by atoms with E-state index < -0.39 is 0 Å². The summed E-state index contributed by atoms with van der Waals surface area (Å²) in [6.45, 7) is 4.75. The van der Waals surface area contributed by atoms with Crippen LogP contribution in [-0.2, 0) is 6.54 Å². The molecule has 3 heteroatoms. The molecule has 3 nitrogen and oxygen atoms in total. The fraction of sp³-hybridized carbons (Fsp3) is 0.235. The maximum atomic E-state index is 8.75. The van der Waals surface area contributed by atoms with Gasteiger partial charge in [-0.05, 0) is 55.8 Å². The van der Waals surface area contributed by atoms with Gasteiger partial charge in [-0.3, -0.25) is 0 Å². The van der Waals surface area contributed by atoms with E-state index >= 15 is 0 Å². The molecule has 102 valence electrons. The van der Waals surface area contributed by atoms with Gasteiger partial charge >= 0.3 is 0 Å². The minimum absolute atomic E-state index is 0.187. The summed E-state index contributed by atoms with van der Waals surface area (Å²) in [4.78, 5) is 0. The molecule has 0 unspecified atom stereocenters. The molecule has 0 aliphatic heterocycles. The largest absolute Gasteiger partial charge is 0.491 e. The van der Waals surface area contributed by atoms with E-state index in [0.29, 0.717) is 5.56 Å². The summed E-state index contributed by atoms with van der Waals surface area (Å²) in [6.07, 6.45) is 0.187. The minimum atomic E-state index is 0.187. The average Bonchev–Trinajstić information content (AvgIpc) is 2.46. The lowest BCUT2D eigenvalue weighted by atomic mass is 10.1. The third-order valence-electron chi connectivity index (χ3n) is 2.81. The maximum Gasteiger partial charge on any atom is 0.119 e. The molecule has 2 aromatic rings. The summed E-state index contributed by atoms with van der Waals surface area (Å²) >= 11 is 0. The van der Waals surface area contributed by atoms with Crippen LogP contribution in [0.3, 0.4) is 0 Å². The van der Waals surface area contributed by atoms with Crippen LogP contribution < -0.4 is 10.1 Å². The Morgan fingerprint density at radius 1 is 1.05 bits per heavy atom. The first-order chi connectivity index (χ1) is 9.67. The molecule has 1 N–H and O–H groups in total. The standard InChI is InChI=1S/C17H18N2O/c1-13(2)20-17-9-7-16(8-10-17)19-12-15-5-3-14(11-18)4-6-15/h3-10,13,19H,12H2,1-2H3. The lowest BCUT2D eigenvalue weighted by molar-refractivity contribution is 0.242. The molecule has 2 rings (SSSR count). The number of rotatable bonds is 5. The zero-order valence-electron chi connectivity index (χ0n) is 11.8. The number of ether oxygens (including phenoxy) is 1. The molecule has 0 fully saturated rings. The third kappa shape index (κ3) is 4.03. The Labute approximate surface area is 119 Å². The van der Waals surface area contributed by atoms with Crippen LogP contribution in [0.15, 0.2) is 48.5 Å². The first-order valence-corrected chi connectivity index (χ1v) is 6.67. The van der Waals surface area contributed by atoms with E-state index in [4.69, 9.17) is 10.00 Å². The van der Waals surface area contributed by atoms with Gasteiger partial charge in [0.2, 0.25) is 0 Å². The number of benzene rings is 2. The normalized spacial score (nSPS) is 10.1. The fourth-order valence-corrected chi connectivity index (χ4v) is 1.82. The highest BCUT2D eigenvalue weighted by Crippen LogP contribution is 2.17. The number of hydrogen-bond donors (Lipinski definition) is 1. The van der Waals surface area contributed by atoms with Crippen molar-refractivity contribution in [2.24, 2.45) is 0 Å². The first kappa shape index (κ1) is 14.0. The molecule has 0 radical (unpaired) electrons. The lowest BCUT2D eigenvalue weighted by Gasteiger charge is -2.11. The molecule has 0 heterocycles. The molecule has 0 spiro atoms. The summed E-state index contributed by atoms with van der Waals surface area (Å²) in [5.41, 5.74) is 2.88. The van der Waals surface area contributed by atoms with Gasteiger partial charge < -0.3 is 10.1 Å². The van der Waals surface area contributed by atoms with Crippen LogP contribution in [0.5, 0.6) is 5.75 Å². The van der Waals surface area contributed by atoms with Gasteiger partial charge in [0, 0.05) is 12.2 Å². The summed E-state index contributed by atoms with van der Waals surface area (Å²) in [6, 6.07) is 17.6. The second-order valence-electron chi connectivity index (χ2n) is 4.85. The predicted molar refractivity (Wildman–Crippen MR) is 80.7 cm³/mol. The Morgan fingerprint density at radius 3 is 2.25 bits per heavy atom. The molecular formula is C17H18N2O. The number of hydrogen-bond acceptors (Lipinski definition) is 3. The van der Waals surface area contributed by atoms with Crippen LogP contribution in [0.2, 0.25) is 0 Å². The van der Waals surface area contributed by atoms with Crippen molar-refractivity contribution in [3.63, 3.8) is 0 Å². The summed E-state index contributed by atoms with van der Waals surface area (Å²) in [5.74, 6) is 0.879. The van der Waals surface area contributed by atoms with E-state index in [2.05, 4.69) is 11.4 Å². The topological polar surface area (TPSA) is 45.0 Å². The van der Waals surface area contributed by atoms with E-state index in [0.717, 1.165) is 23.5 Å². The van der Waals surface area contributed by atoms with E-state index in [-0.39, 0.29) is 6.10 Å². The number of nitrogens with one attached hydrogen (secondary N) is 1. The van der Waals surface area contributed by atoms with E-state index in [1.54, 1.807) is 0 Å². The molecule has 0 bridgehead atoms. The Bertz CT molecular complexity index is 580. The highest BCUT2D eigenvalue weighted by molar-refractivity contribution is 5.47. The molecule has 0 atom stereocenters. The van der Waals surface area contributed by atoms with Crippen LogP contribution in [0.25, 0.3) is 0 Å². The van der Waals surface area contributed by atoms with Crippen LogP contribution in [-0.4, -0.2) is 6.10 Å². The lowest BCUT2D eigenvalue weighted by Crippen LogP contribution is -2.05. The van der Waals surface area contributed by atoms with Gasteiger partial charge in [0.1, 0.15) is 5.75 Å². The molecule has 0 aliphatic rings. The number of nitrogens with zero attached hydrogens (tertiary/aromatic N) is 1. The van der Waals surface area contributed by atoms with Crippen LogP contribution >= 0.6 is 0 Å². The van der Waals surface area contributed by atoms with Crippen molar-refractivity contribution in [2.75, 3.05) is 5.32 Å². The predicted octanol–water partition coefficient (Wildman–Crippen LogP) is 3.96. The van der Waals surface area contributed by atoms with Crippen LogP contribution in [0.4, 0.5) is 5.69 Å². The van der Waals surface area contributed by atoms with Crippen molar-refractivity contribution in [3.05, 3.63) is 59.7 Å². The highest BCUT2D eigenvalue weighted by atomic mass is 16.5.